The van der Waals surface area contributed by atoms with Crippen LogP contribution >= 0.6 is 0 Å². The highest BCUT2D eigenvalue weighted by molar-refractivity contribution is 6.17. The monoisotopic (exact) mass is 218 g/mol. The van der Waals surface area contributed by atoms with Gasteiger partial charge in [-0.15, -0.1) is 0 Å². The molecule has 0 saturated heterocycles. The third-order valence-corrected chi connectivity index (χ3v) is 2.65. The van der Waals surface area contributed by atoms with Crippen LogP contribution in [0.25, 0.3) is 0 Å². The van der Waals surface area contributed by atoms with Crippen molar-refractivity contribution in [2.24, 2.45) is 0 Å². The van der Waals surface area contributed by atoms with Crippen molar-refractivity contribution < 1.29 is 18.4 Å². The van der Waals surface area contributed by atoms with Gasteiger partial charge in [0.25, 0.3) is 0 Å². The minimum absolute atomic E-state index is 0.181. The van der Waals surface area contributed by atoms with Crippen LogP contribution in [0.5, 0.6) is 0 Å². The third kappa shape index (κ3) is 6.82. The van der Waals surface area contributed by atoms with Gasteiger partial charge < -0.3 is 13.6 Å². The lowest BCUT2D eigenvalue weighted by molar-refractivity contribution is -0.135. The quantitative estimate of drug-likeness (QED) is 0.393. The standard InChI is InChI=1S/C5H6O2.C4H12O2Si/c1-4-2-3-7-5(4)6;1-3-5-7-6-4-2/h2H,3H2,1H3;3-4,7H2,1-2H3. The number of rotatable bonds is 4. The zero-order chi connectivity index (χ0) is 10.8. The van der Waals surface area contributed by atoms with Crippen molar-refractivity contribution in [1.82, 2.24) is 0 Å². The molecule has 0 N–H and O–H groups in total. The molecule has 0 fully saturated rings. The van der Waals surface area contributed by atoms with E-state index in [1.807, 2.05) is 13.8 Å². The molecule has 1 heterocycles. The molecule has 0 aromatic rings. The van der Waals surface area contributed by atoms with Crippen LogP contribution in [0.15, 0.2) is 11.6 Å². The molecule has 1 aliphatic heterocycles. The normalized spacial score (nSPS) is 14.2. The zero-order valence-electron chi connectivity index (χ0n) is 9.04. The van der Waals surface area contributed by atoms with Crippen LogP contribution < -0.4 is 0 Å². The van der Waals surface area contributed by atoms with Gasteiger partial charge in [0.15, 0.2) is 0 Å². The maximum Gasteiger partial charge on any atom is 0.333 e. The molecule has 0 atom stereocenters. The van der Waals surface area contributed by atoms with Crippen molar-refractivity contribution >= 4 is 16.0 Å². The summed E-state index contributed by atoms with van der Waals surface area (Å²) in [4.78, 5) is 10.3. The van der Waals surface area contributed by atoms with Gasteiger partial charge in [-0.3, -0.25) is 0 Å². The fourth-order valence-electron chi connectivity index (χ4n) is 0.665. The Morgan fingerprint density at radius 1 is 1.43 bits per heavy atom. The molecule has 0 spiro atoms. The van der Waals surface area contributed by atoms with E-state index in [-0.39, 0.29) is 5.97 Å². The van der Waals surface area contributed by atoms with E-state index < -0.39 is 10.0 Å². The van der Waals surface area contributed by atoms with E-state index >= 15 is 0 Å². The largest absolute Gasteiger partial charge is 0.458 e. The Morgan fingerprint density at radius 2 is 2.00 bits per heavy atom. The Morgan fingerprint density at radius 3 is 2.21 bits per heavy atom. The summed E-state index contributed by atoms with van der Waals surface area (Å²) in [5.41, 5.74) is 0.722. The number of hydrogen-bond acceptors (Lipinski definition) is 4. The second-order valence-corrected chi connectivity index (χ2v) is 3.64. The molecule has 14 heavy (non-hydrogen) atoms. The molecule has 0 amide bonds. The summed E-state index contributed by atoms with van der Waals surface area (Å²) in [7, 11) is -0.589. The molecule has 0 aromatic carbocycles. The van der Waals surface area contributed by atoms with Gasteiger partial charge in [-0.25, -0.2) is 4.79 Å². The highest BCUT2D eigenvalue weighted by Gasteiger charge is 2.09. The van der Waals surface area contributed by atoms with Crippen LogP contribution in [0.3, 0.4) is 0 Å². The second-order valence-electron chi connectivity index (χ2n) is 2.59. The van der Waals surface area contributed by atoms with E-state index in [1.165, 1.54) is 0 Å². The van der Waals surface area contributed by atoms with Gasteiger partial charge in [-0.05, 0) is 26.8 Å². The molecule has 1 aliphatic rings. The van der Waals surface area contributed by atoms with Gasteiger partial charge in [0.2, 0.25) is 0 Å². The Kier molecular flexibility index (Phi) is 8.51. The smallest absolute Gasteiger partial charge is 0.333 e. The highest BCUT2D eigenvalue weighted by Crippen LogP contribution is 2.02. The fourth-order valence-corrected chi connectivity index (χ4v) is 1.12. The van der Waals surface area contributed by atoms with E-state index in [4.69, 9.17) is 8.85 Å². The van der Waals surface area contributed by atoms with Gasteiger partial charge in [-0.1, -0.05) is 0 Å². The van der Waals surface area contributed by atoms with Gasteiger partial charge in [0.05, 0.1) is 0 Å². The van der Waals surface area contributed by atoms with E-state index in [1.54, 1.807) is 13.0 Å². The van der Waals surface area contributed by atoms with Crippen molar-refractivity contribution in [3.8, 4) is 0 Å². The first-order valence-corrected chi connectivity index (χ1v) is 5.87. The lowest BCUT2D eigenvalue weighted by atomic mass is 10.3. The summed E-state index contributed by atoms with van der Waals surface area (Å²) in [6, 6.07) is 0. The summed E-state index contributed by atoms with van der Waals surface area (Å²) < 4.78 is 14.5. The van der Waals surface area contributed by atoms with Crippen molar-refractivity contribution in [1.29, 1.82) is 0 Å². The van der Waals surface area contributed by atoms with Crippen molar-refractivity contribution in [2.45, 2.75) is 20.8 Å². The summed E-state index contributed by atoms with van der Waals surface area (Å²) in [5, 5.41) is 0. The third-order valence-electron chi connectivity index (χ3n) is 1.50. The molecule has 82 valence electrons. The second kappa shape index (κ2) is 8.92. The van der Waals surface area contributed by atoms with E-state index in [0.717, 1.165) is 18.8 Å². The average Bonchev–Trinajstić information content (AvgIpc) is 2.53. The molecule has 4 nitrogen and oxygen atoms in total. The number of hydrogen-bond donors (Lipinski definition) is 0. The summed E-state index contributed by atoms with van der Waals surface area (Å²) >= 11 is 0. The van der Waals surface area contributed by atoms with Crippen LogP contribution in [0.4, 0.5) is 0 Å². The predicted molar refractivity (Wildman–Crippen MR) is 56.5 cm³/mol. The number of cyclic esters (lactones) is 1. The molecule has 0 bridgehead atoms. The van der Waals surface area contributed by atoms with Crippen LogP contribution in [0.1, 0.15) is 20.8 Å². The van der Waals surface area contributed by atoms with Crippen LogP contribution in [-0.2, 0) is 18.4 Å². The number of carbonyl (C=O) groups is 1. The number of ether oxygens (including phenoxy) is 1. The SMILES string of the molecule is CC1=CCOC1=O.CCO[SiH2]OCC. The molecule has 0 radical (unpaired) electrons. The minimum Gasteiger partial charge on any atom is -0.458 e. The van der Waals surface area contributed by atoms with Crippen LogP contribution in [0.2, 0.25) is 0 Å². The predicted octanol–water partition coefficient (Wildman–Crippen LogP) is 0.548. The van der Waals surface area contributed by atoms with Gasteiger partial charge >= 0.3 is 16.0 Å². The Labute approximate surface area is 87.3 Å². The Bertz CT molecular complexity index is 187. The van der Waals surface area contributed by atoms with Gasteiger partial charge in [0, 0.05) is 18.8 Å². The summed E-state index contributed by atoms with van der Waals surface area (Å²) in [6.45, 7) is 7.76. The fraction of sp³-hybridized carbons (Fsp3) is 0.667. The van der Waals surface area contributed by atoms with E-state index in [0.29, 0.717) is 6.61 Å². The first kappa shape index (κ1) is 13.3. The maximum absolute atomic E-state index is 10.3. The van der Waals surface area contributed by atoms with E-state index in [9.17, 15) is 4.79 Å². The molecule has 0 unspecified atom stereocenters. The summed E-state index contributed by atoms with van der Waals surface area (Å²) in [6.07, 6.45) is 1.77. The zero-order valence-corrected chi connectivity index (χ0v) is 10.5. The molecule has 5 heteroatoms. The molecular formula is C9H18O4Si. The molecule has 1 rings (SSSR count). The highest BCUT2D eigenvalue weighted by atomic mass is 28.3. The maximum atomic E-state index is 10.3. The number of carbonyl (C=O) groups excluding carboxylic acids is 1. The topological polar surface area (TPSA) is 44.8 Å². The van der Waals surface area contributed by atoms with Crippen LogP contribution in [0, 0.1) is 0 Å². The van der Waals surface area contributed by atoms with Crippen LogP contribution in [-0.4, -0.2) is 35.8 Å². The lowest BCUT2D eigenvalue weighted by Gasteiger charge is -1.96. The first-order valence-electron chi connectivity index (χ1n) is 4.71. The molecule has 0 saturated carbocycles. The lowest BCUT2D eigenvalue weighted by Crippen LogP contribution is -2.02. The Hall–Kier alpha value is -0.653. The number of esters is 1. The van der Waals surface area contributed by atoms with Gasteiger partial charge in [-0.2, -0.15) is 0 Å². The average molecular weight is 218 g/mol. The minimum atomic E-state index is -0.589. The van der Waals surface area contributed by atoms with Gasteiger partial charge in [0.1, 0.15) is 6.61 Å². The van der Waals surface area contributed by atoms with Crippen molar-refractivity contribution in [3.05, 3.63) is 11.6 Å². The molecule has 0 aromatic heterocycles. The van der Waals surface area contributed by atoms with E-state index in [2.05, 4.69) is 4.74 Å². The summed E-state index contributed by atoms with van der Waals surface area (Å²) in [5.74, 6) is -0.181. The Balaban J connectivity index is 0.000000241. The molecular weight excluding hydrogens is 200 g/mol. The molecule has 0 aliphatic carbocycles. The van der Waals surface area contributed by atoms with Crippen molar-refractivity contribution in [3.63, 3.8) is 0 Å². The first-order chi connectivity index (χ1) is 6.72. The van der Waals surface area contributed by atoms with Crippen molar-refractivity contribution in [2.75, 3.05) is 19.8 Å².